The summed E-state index contributed by atoms with van der Waals surface area (Å²) in [6, 6.07) is 5.60. The third-order valence-electron chi connectivity index (χ3n) is 8.90. The van der Waals surface area contributed by atoms with E-state index in [4.69, 9.17) is 9.47 Å². The minimum absolute atomic E-state index is 0.174. The van der Waals surface area contributed by atoms with Crippen molar-refractivity contribution in [2.45, 2.75) is 93.4 Å². The number of esters is 2. The van der Waals surface area contributed by atoms with Gasteiger partial charge in [-0.15, -0.1) is 0 Å². The molecule has 10 nitrogen and oxygen atoms in total. The van der Waals surface area contributed by atoms with Crippen LogP contribution in [0.3, 0.4) is 0 Å². The Bertz CT molecular complexity index is 1160. The number of unbranched alkanes of at least 4 members (excludes halogenated alkanes) is 1. The SMILES string of the molecule is CCCCOC(=O)C(C)(CC)[C@H]1C(=O)N(c2c(CC)cccc2CC)C(=O)[C@H]1C[C@@](C)(C[C@H](C)C(=O)O)C(=O)OCCO. The Morgan fingerprint density at radius 3 is 2.02 bits per heavy atom. The smallest absolute Gasteiger partial charge is 0.312 e. The number of aliphatic hydroxyl groups excluding tert-OH is 1. The monoisotopic (exact) mass is 603 g/mol. The predicted molar refractivity (Wildman–Crippen MR) is 161 cm³/mol. The van der Waals surface area contributed by atoms with Crippen LogP contribution in [0.25, 0.3) is 0 Å². The molecule has 1 saturated heterocycles. The minimum Gasteiger partial charge on any atom is -0.481 e. The predicted octanol–water partition coefficient (Wildman–Crippen LogP) is 4.72. The fourth-order valence-electron chi connectivity index (χ4n) is 6.15. The lowest BCUT2D eigenvalue weighted by Crippen LogP contribution is -2.45. The van der Waals surface area contributed by atoms with Gasteiger partial charge in [-0.1, -0.05) is 59.2 Å². The molecule has 2 rings (SSSR count). The Morgan fingerprint density at radius 1 is 0.953 bits per heavy atom. The summed E-state index contributed by atoms with van der Waals surface area (Å²) in [7, 11) is 0. The van der Waals surface area contributed by atoms with Crippen LogP contribution in [-0.4, -0.2) is 59.8 Å². The van der Waals surface area contributed by atoms with Crippen LogP contribution in [0.15, 0.2) is 18.2 Å². The molecule has 0 radical (unpaired) electrons. The van der Waals surface area contributed by atoms with Crippen molar-refractivity contribution in [3.05, 3.63) is 29.3 Å². The number of imide groups is 1. The summed E-state index contributed by atoms with van der Waals surface area (Å²) in [6.45, 7) is 11.6. The number of ether oxygens (including phenoxy) is 2. The van der Waals surface area contributed by atoms with Gasteiger partial charge in [0, 0.05) is 0 Å². The molecule has 43 heavy (non-hydrogen) atoms. The molecule has 0 spiro atoms. The van der Waals surface area contributed by atoms with E-state index >= 15 is 0 Å². The van der Waals surface area contributed by atoms with Gasteiger partial charge in [0.1, 0.15) is 6.61 Å². The Morgan fingerprint density at radius 2 is 1.53 bits per heavy atom. The standard InChI is InChI=1S/C33H49NO9/c1-8-12-17-42-31(41)33(7,11-4)25-24(20-32(6,19-21(5)29(38)39)30(40)43-18-16-35)27(36)34(28(25)37)26-22(9-2)14-13-15-23(26)10-3/h13-15,21,24-25,35H,8-12,16-20H2,1-7H3,(H,38,39)/t21-,24-,25+,32+,33?/m0/s1. The number of hydrogen-bond donors (Lipinski definition) is 2. The van der Waals surface area contributed by atoms with Crippen molar-refractivity contribution in [2.24, 2.45) is 28.6 Å². The summed E-state index contributed by atoms with van der Waals surface area (Å²) in [5, 5.41) is 19.0. The van der Waals surface area contributed by atoms with E-state index < -0.39 is 64.9 Å². The van der Waals surface area contributed by atoms with Crippen LogP contribution in [-0.2, 0) is 46.3 Å². The van der Waals surface area contributed by atoms with E-state index in [0.717, 1.165) is 17.5 Å². The highest BCUT2D eigenvalue weighted by Crippen LogP contribution is 2.50. The van der Waals surface area contributed by atoms with E-state index in [2.05, 4.69) is 0 Å². The van der Waals surface area contributed by atoms with Crippen LogP contribution in [0.4, 0.5) is 5.69 Å². The maximum atomic E-state index is 14.5. The molecule has 1 fully saturated rings. The van der Waals surface area contributed by atoms with E-state index in [1.807, 2.05) is 39.0 Å². The lowest BCUT2D eigenvalue weighted by atomic mass is 9.64. The van der Waals surface area contributed by atoms with Gasteiger partial charge in [-0.2, -0.15) is 0 Å². The number of carbonyl (C=O) groups is 5. The molecule has 0 aliphatic carbocycles. The third-order valence-corrected chi connectivity index (χ3v) is 8.90. The molecular weight excluding hydrogens is 554 g/mol. The van der Waals surface area contributed by atoms with Crippen molar-refractivity contribution >= 4 is 35.4 Å². The summed E-state index contributed by atoms with van der Waals surface area (Å²) in [5.41, 5.74) is -0.818. The van der Waals surface area contributed by atoms with Gasteiger partial charge >= 0.3 is 17.9 Å². The Balaban J connectivity index is 2.78. The molecule has 1 aromatic carbocycles. The normalized spacial score (nSPS) is 20.3. The van der Waals surface area contributed by atoms with E-state index in [1.54, 1.807) is 13.8 Å². The van der Waals surface area contributed by atoms with Gasteiger partial charge in [-0.25, -0.2) is 4.90 Å². The molecule has 1 aliphatic rings. The van der Waals surface area contributed by atoms with E-state index in [-0.39, 0.29) is 32.5 Å². The third kappa shape index (κ3) is 7.63. The topological polar surface area (TPSA) is 148 Å². The second-order valence-corrected chi connectivity index (χ2v) is 12.1. The Kier molecular flexibility index (Phi) is 12.9. The highest BCUT2D eigenvalue weighted by Gasteiger charge is 2.61. The number of para-hydroxylation sites is 1. The van der Waals surface area contributed by atoms with Crippen molar-refractivity contribution in [1.29, 1.82) is 0 Å². The van der Waals surface area contributed by atoms with Crippen molar-refractivity contribution in [1.82, 2.24) is 0 Å². The number of carbonyl (C=O) groups excluding carboxylic acids is 4. The maximum Gasteiger partial charge on any atom is 0.312 e. The highest BCUT2D eigenvalue weighted by atomic mass is 16.5. The number of anilines is 1. The number of hydrogen-bond acceptors (Lipinski definition) is 8. The van der Waals surface area contributed by atoms with Gasteiger partial charge in [0.15, 0.2) is 0 Å². The molecule has 0 bridgehead atoms. The van der Waals surface area contributed by atoms with Crippen molar-refractivity contribution in [3.63, 3.8) is 0 Å². The first kappa shape index (κ1) is 35.9. The van der Waals surface area contributed by atoms with Crippen LogP contribution in [0.5, 0.6) is 0 Å². The zero-order valence-electron chi connectivity index (χ0n) is 26.7. The summed E-state index contributed by atoms with van der Waals surface area (Å²) >= 11 is 0. The summed E-state index contributed by atoms with van der Waals surface area (Å²) < 4.78 is 10.9. The molecule has 10 heteroatoms. The number of aliphatic carboxylic acids is 1. The van der Waals surface area contributed by atoms with Gasteiger partial charge in [-0.05, 0) is 63.5 Å². The van der Waals surface area contributed by atoms with Crippen LogP contribution >= 0.6 is 0 Å². The average molecular weight is 604 g/mol. The number of carboxylic acids is 1. The molecule has 2 amide bonds. The number of benzene rings is 1. The largest absolute Gasteiger partial charge is 0.481 e. The van der Waals surface area contributed by atoms with E-state index in [9.17, 15) is 34.2 Å². The summed E-state index contributed by atoms with van der Waals surface area (Å²) in [5.74, 6) is -6.87. The Labute approximate surface area is 255 Å². The molecule has 1 aliphatic heterocycles. The summed E-state index contributed by atoms with van der Waals surface area (Å²) in [4.78, 5) is 69.1. The lowest BCUT2D eigenvalue weighted by Gasteiger charge is -2.37. The molecular formula is C33H49NO9. The number of nitrogens with zero attached hydrogens (tertiary/aromatic N) is 1. The molecule has 240 valence electrons. The average Bonchev–Trinajstić information content (AvgIpc) is 3.22. The number of aliphatic hydroxyl groups is 1. The summed E-state index contributed by atoms with van der Waals surface area (Å²) in [6.07, 6.45) is 2.35. The molecule has 1 unspecified atom stereocenters. The first-order valence-corrected chi connectivity index (χ1v) is 15.4. The quantitative estimate of drug-likeness (QED) is 0.147. The molecule has 5 atom stereocenters. The van der Waals surface area contributed by atoms with Crippen molar-refractivity contribution in [3.8, 4) is 0 Å². The number of rotatable bonds is 17. The van der Waals surface area contributed by atoms with Gasteiger partial charge in [0.05, 0.1) is 47.5 Å². The van der Waals surface area contributed by atoms with Crippen molar-refractivity contribution < 1.29 is 43.7 Å². The first-order valence-electron chi connectivity index (χ1n) is 15.4. The van der Waals surface area contributed by atoms with E-state index in [1.165, 1.54) is 18.7 Å². The Hall–Kier alpha value is -3.27. The fraction of sp³-hybridized carbons (Fsp3) is 0.667. The molecule has 0 saturated carbocycles. The number of aryl methyl sites for hydroxylation is 2. The van der Waals surface area contributed by atoms with Gasteiger partial charge in [0.25, 0.3) is 0 Å². The van der Waals surface area contributed by atoms with Crippen LogP contribution < -0.4 is 4.90 Å². The lowest BCUT2D eigenvalue weighted by molar-refractivity contribution is -0.164. The van der Waals surface area contributed by atoms with Crippen LogP contribution in [0.2, 0.25) is 0 Å². The fourth-order valence-corrected chi connectivity index (χ4v) is 6.15. The number of amides is 2. The molecule has 2 N–H and O–H groups in total. The molecule has 0 aromatic heterocycles. The highest BCUT2D eigenvalue weighted by molar-refractivity contribution is 6.23. The first-order chi connectivity index (χ1) is 20.3. The van der Waals surface area contributed by atoms with Crippen LogP contribution in [0.1, 0.15) is 91.7 Å². The second-order valence-electron chi connectivity index (χ2n) is 12.1. The zero-order chi connectivity index (χ0) is 32.5. The second kappa shape index (κ2) is 15.5. The zero-order valence-corrected chi connectivity index (χ0v) is 26.7. The maximum absolute atomic E-state index is 14.5. The van der Waals surface area contributed by atoms with E-state index in [0.29, 0.717) is 24.9 Å². The number of carboxylic acid groups (broad SMARTS) is 1. The van der Waals surface area contributed by atoms with Crippen LogP contribution in [0, 0.1) is 28.6 Å². The van der Waals surface area contributed by atoms with Gasteiger partial charge in [-0.3, -0.25) is 24.0 Å². The molecule has 1 aromatic rings. The minimum atomic E-state index is -1.51. The van der Waals surface area contributed by atoms with Gasteiger partial charge in [0.2, 0.25) is 11.8 Å². The van der Waals surface area contributed by atoms with Crippen molar-refractivity contribution in [2.75, 3.05) is 24.7 Å². The van der Waals surface area contributed by atoms with Gasteiger partial charge < -0.3 is 19.7 Å². The molecule has 1 heterocycles.